The third-order valence-electron chi connectivity index (χ3n) is 3.52. The first-order valence-electron chi connectivity index (χ1n) is 6.39. The molecule has 0 aliphatic carbocycles. The molecule has 4 rings (SSSR count). The minimum atomic E-state index is -0.732. The van der Waals surface area contributed by atoms with Crippen molar-refractivity contribution in [3.05, 3.63) is 40.3 Å². The molecule has 1 N–H and O–H groups in total. The molecule has 0 saturated carbocycles. The number of hydrogen-bond acceptors (Lipinski definition) is 6. The molecule has 0 amide bonds. The lowest BCUT2D eigenvalue weighted by atomic mass is 10.00. The van der Waals surface area contributed by atoms with Gasteiger partial charge in [-0.15, -0.1) is 0 Å². The maximum absolute atomic E-state index is 10.1. The van der Waals surface area contributed by atoms with Crippen LogP contribution in [0.25, 0.3) is 10.4 Å². The minimum Gasteiger partial charge on any atom is -0.390 e. The number of hydrogen-bond donors (Lipinski definition) is 1. The molecule has 6 nitrogen and oxygen atoms in total. The highest BCUT2D eigenvalue weighted by Crippen LogP contribution is 2.45. The molecule has 3 aliphatic heterocycles. The van der Waals surface area contributed by atoms with E-state index in [4.69, 9.17) is 15.5 Å². The zero-order chi connectivity index (χ0) is 14.8. The third-order valence-corrected chi connectivity index (χ3v) is 6.30. The van der Waals surface area contributed by atoms with Gasteiger partial charge in [-0.3, -0.25) is 0 Å². The average Bonchev–Trinajstić information content (AvgIpc) is 2.52. The van der Waals surface area contributed by atoms with E-state index in [2.05, 4.69) is 16.1 Å². The highest BCUT2D eigenvalue weighted by atomic mass is 32.2. The summed E-state index contributed by atoms with van der Waals surface area (Å²) in [5, 5.41) is 22.6. The Morgan fingerprint density at radius 1 is 1.48 bits per heavy atom. The van der Waals surface area contributed by atoms with Gasteiger partial charge in [-0.2, -0.15) is 17.0 Å². The van der Waals surface area contributed by atoms with Crippen LogP contribution >= 0.6 is 23.5 Å². The second-order valence-electron chi connectivity index (χ2n) is 4.78. The first-order chi connectivity index (χ1) is 10.2. The number of ether oxygens (including phenoxy) is 1. The lowest BCUT2D eigenvalue weighted by molar-refractivity contribution is -0.0878. The van der Waals surface area contributed by atoms with Gasteiger partial charge in [-0.05, 0) is 29.8 Å². The van der Waals surface area contributed by atoms with Crippen molar-refractivity contribution in [2.75, 3.05) is 5.75 Å². The fraction of sp³-hybridized carbons (Fsp3) is 0.462. The number of nitrogens with zero attached hydrogens (tertiary/aromatic N) is 4. The van der Waals surface area contributed by atoms with E-state index in [0.29, 0.717) is 11.3 Å². The second-order valence-corrected chi connectivity index (χ2v) is 7.16. The number of thioether (sulfide) groups is 2. The van der Waals surface area contributed by atoms with Gasteiger partial charge in [0.25, 0.3) is 0 Å². The van der Waals surface area contributed by atoms with Crippen LogP contribution < -0.4 is 0 Å². The van der Waals surface area contributed by atoms with Crippen molar-refractivity contribution >= 4 is 23.5 Å². The van der Waals surface area contributed by atoms with Gasteiger partial charge in [-0.1, -0.05) is 16.9 Å². The average molecular weight is 320 g/mol. The summed E-state index contributed by atoms with van der Waals surface area (Å²) in [5.74, 6) is 0.716. The van der Waals surface area contributed by atoms with Gasteiger partial charge in [0.2, 0.25) is 0 Å². The Bertz CT molecular complexity index is 612. The number of nitriles is 1. The fourth-order valence-corrected chi connectivity index (χ4v) is 5.24. The summed E-state index contributed by atoms with van der Waals surface area (Å²) in [5.41, 5.74) is 9.10. The summed E-state index contributed by atoms with van der Waals surface area (Å²) < 4.78 is 5.88. The highest BCUT2D eigenvalue weighted by Gasteiger charge is 2.49. The number of aliphatic hydroxyl groups is 1. The molecule has 0 aromatic heterocycles. The maximum Gasteiger partial charge on any atom is 0.120 e. The smallest absolute Gasteiger partial charge is 0.120 e. The normalized spacial score (nSPS) is 34.0. The number of benzene rings is 1. The Balaban J connectivity index is 1.76. The van der Waals surface area contributed by atoms with Crippen LogP contribution in [0.1, 0.15) is 5.56 Å². The summed E-state index contributed by atoms with van der Waals surface area (Å²) in [7, 11) is 0. The van der Waals surface area contributed by atoms with E-state index in [9.17, 15) is 5.11 Å². The summed E-state index contributed by atoms with van der Waals surface area (Å²) in [4.78, 5) is 3.83. The van der Waals surface area contributed by atoms with Gasteiger partial charge in [0, 0.05) is 15.6 Å². The SMILES string of the molecule is N#Cc1ccc(S[C@@H]2O[C@@H]3CS[C@H]2[C@@H](N=[N+]=[N-])[C@@H]3O)cc1. The highest BCUT2D eigenvalue weighted by molar-refractivity contribution is 8.04. The summed E-state index contributed by atoms with van der Waals surface area (Å²) >= 11 is 3.21. The van der Waals surface area contributed by atoms with Crippen molar-refractivity contribution in [2.45, 2.75) is 33.8 Å². The zero-order valence-electron chi connectivity index (χ0n) is 10.9. The van der Waals surface area contributed by atoms with E-state index in [0.717, 1.165) is 4.90 Å². The van der Waals surface area contributed by atoms with Crippen molar-refractivity contribution < 1.29 is 9.84 Å². The molecule has 1 aromatic rings. The molecule has 3 aliphatic rings. The summed E-state index contributed by atoms with van der Waals surface area (Å²) in [6.07, 6.45) is -1.03. The third kappa shape index (κ3) is 2.84. The van der Waals surface area contributed by atoms with Crippen LogP contribution in [0.2, 0.25) is 0 Å². The van der Waals surface area contributed by atoms with Crippen LogP contribution in [0.3, 0.4) is 0 Å². The molecule has 8 heteroatoms. The topological polar surface area (TPSA) is 102 Å². The summed E-state index contributed by atoms with van der Waals surface area (Å²) in [6.45, 7) is 0. The zero-order valence-corrected chi connectivity index (χ0v) is 12.5. The predicted molar refractivity (Wildman–Crippen MR) is 80.9 cm³/mol. The number of rotatable bonds is 3. The Labute approximate surface area is 130 Å². The van der Waals surface area contributed by atoms with Crippen molar-refractivity contribution in [3.63, 3.8) is 0 Å². The van der Waals surface area contributed by atoms with Gasteiger partial charge in [0.05, 0.1) is 35.1 Å². The van der Waals surface area contributed by atoms with Crippen molar-refractivity contribution in [2.24, 2.45) is 5.11 Å². The van der Waals surface area contributed by atoms with E-state index in [1.54, 1.807) is 23.9 Å². The van der Waals surface area contributed by atoms with E-state index in [1.165, 1.54) is 11.8 Å². The second kappa shape index (κ2) is 6.18. The van der Waals surface area contributed by atoms with E-state index in [1.807, 2.05) is 12.1 Å². The maximum atomic E-state index is 10.1. The number of fused-ring (bicyclic) bond motifs is 3. The Kier molecular flexibility index (Phi) is 4.29. The van der Waals surface area contributed by atoms with Gasteiger partial charge in [0.15, 0.2) is 0 Å². The van der Waals surface area contributed by atoms with Crippen LogP contribution in [-0.2, 0) is 4.74 Å². The van der Waals surface area contributed by atoms with Crippen molar-refractivity contribution in [1.82, 2.24) is 0 Å². The number of azide groups is 1. The Morgan fingerprint density at radius 2 is 2.24 bits per heavy atom. The van der Waals surface area contributed by atoms with Crippen LogP contribution in [0.5, 0.6) is 0 Å². The molecular weight excluding hydrogens is 308 g/mol. The van der Waals surface area contributed by atoms with Crippen LogP contribution in [0, 0.1) is 11.3 Å². The molecule has 0 spiro atoms. The first-order valence-corrected chi connectivity index (χ1v) is 8.32. The lowest BCUT2D eigenvalue weighted by Crippen LogP contribution is -2.59. The van der Waals surface area contributed by atoms with Crippen molar-refractivity contribution in [3.8, 4) is 6.07 Å². The van der Waals surface area contributed by atoms with Gasteiger partial charge < -0.3 is 9.84 Å². The van der Waals surface area contributed by atoms with Crippen LogP contribution in [0.15, 0.2) is 34.3 Å². The molecule has 0 radical (unpaired) electrons. The molecule has 21 heavy (non-hydrogen) atoms. The Morgan fingerprint density at radius 3 is 2.90 bits per heavy atom. The van der Waals surface area contributed by atoms with Crippen LogP contribution in [0.4, 0.5) is 0 Å². The molecule has 3 heterocycles. The monoisotopic (exact) mass is 320 g/mol. The number of aliphatic hydroxyl groups excluding tert-OH is 1. The molecular formula is C13H12N4O2S2. The van der Waals surface area contributed by atoms with E-state index in [-0.39, 0.29) is 16.8 Å². The van der Waals surface area contributed by atoms with Crippen LogP contribution in [-0.4, -0.2) is 39.8 Å². The molecule has 2 bridgehead atoms. The minimum absolute atomic E-state index is 0.0680. The largest absolute Gasteiger partial charge is 0.390 e. The molecule has 0 unspecified atom stereocenters. The quantitative estimate of drug-likeness (QED) is 0.524. The predicted octanol–water partition coefficient (Wildman–Crippen LogP) is 2.53. The lowest BCUT2D eigenvalue weighted by Gasteiger charge is -2.47. The van der Waals surface area contributed by atoms with Gasteiger partial charge in [0.1, 0.15) is 5.44 Å². The summed E-state index contributed by atoms with van der Waals surface area (Å²) in [6, 6.07) is 8.89. The standard InChI is InChI=1S/C13H12N4O2S2/c14-5-7-1-3-8(4-2-7)21-13-12-10(16-17-15)11(18)9(19-13)6-20-12/h1-4,9-13,18H,6H2/t9-,10+,11-,12+,13+/m1/s1. The molecule has 3 saturated heterocycles. The molecule has 5 atom stereocenters. The molecule has 108 valence electrons. The van der Waals surface area contributed by atoms with Gasteiger partial charge in [-0.25, -0.2) is 0 Å². The first kappa shape index (κ1) is 14.6. The van der Waals surface area contributed by atoms with E-state index < -0.39 is 12.1 Å². The fourth-order valence-electron chi connectivity index (χ4n) is 2.46. The van der Waals surface area contributed by atoms with Gasteiger partial charge >= 0.3 is 0 Å². The van der Waals surface area contributed by atoms with E-state index >= 15 is 0 Å². The van der Waals surface area contributed by atoms with Crippen molar-refractivity contribution in [1.29, 1.82) is 5.26 Å². The Hall–Kier alpha value is -1.36. The molecule has 1 aromatic carbocycles. The molecule has 3 fully saturated rings.